The van der Waals surface area contributed by atoms with E-state index in [2.05, 4.69) is 10.6 Å². The number of hydrogen-bond acceptors (Lipinski definition) is 13. The van der Waals surface area contributed by atoms with Gasteiger partial charge < -0.3 is 54.8 Å². The molecule has 278 valence electrons. The van der Waals surface area contributed by atoms with Gasteiger partial charge in [-0.3, -0.25) is 14.4 Å². The van der Waals surface area contributed by atoms with Gasteiger partial charge in [-0.05, 0) is 39.0 Å². The van der Waals surface area contributed by atoms with E-state index in [1.807, 2.05) is 13.8 Å². The number of nitrogens with one attached hydrogen (secondary N) is 2. The molecule has 1 aromatic heterocycles. The fourth-order valence-electron chi connectivity index (χ4n) is 5.48. The van der Waals surface area contributed by atoms with Crippen molar-refractivity contribution in [3.8, 4) is 28.6 Å². The number of fused-ring (bicyclic) bond motifs is 1. The van der Waals surface area contributed by atoms with Crippen molar-refractivity contribution < 1.29 is 58.5 Å². The number of phenolic OH excluding ortho intramolecular Hbond substituents is 2. The van der Waals surface area contributed by atoms with Crippen LogP contribution in [0.5, 0.6) is 17.2 Å². The number of aromatic hydroxyl groups is 2. The molecule has 0 saturated carbocycles. The third kappa shape index (κ3) is 9.16. The van der Waals surface area contributed by atoms with Crippen LogP contribution in [0.1, 0.15) is 54.9 Å². The lowest BCUT2D eigenvalue weighted by atomic mass is 9.96. The van der Waals surface area contributed by atoms with Crippen molar-refractivity contribution in [3.05, 3.63) is 52.7 Å². The van der Waals surface area contributed by atoms with Crippen LogP contribution in [0.15, 0.2) is 51.7 Å². The molecule has 0 bridgehead atoms. The van der Waals surface area contributed by atoms with Crippen LogP contribution in [-0.2, 0) is 23.9 Å². The molecule has 0 unspecified atom stereocenters. The summed E-state index contributed by atoms with van der Waals surface area (Å²) in [5, 5.41) is 58.3. The van der Waals surface area contributed by atoms with Crippen LogP contribution < -0.4 is 20.8 Å². The zero-order chi connectivity index (χ0) is 37.9. The maximum Gasteiger partial charge on any atom is 0.329 e. The van der Waals surface area contributed by atoms with Crippen molar-refractivity contribution in [1.29, 1.82) is 0 Å². The van der Waals surface area contributed by atoms with Gasteiger partial charge in [-0.25, -0.2) is 4.79 Å². The molecule has 7 atom stereocenters. The third-order valence-corrected chi connectivity index (χ3v) is 8.02. The van der Waals surface area contributed by atoms with Crippen molar-refractivity contribution in [2.24, 2.45) is 11.8 Å². The first-order chi connectivity index (χ1) is 23.8. The number of phenols is 2. The summed E-state index contributed by atoms with van der Waals surface area (Å²) >= 11 is 0. The van der Waals surface area contributed by atoms with Gasteiger partial charge in [0.25, 0.3) is 5.91 Å². The number of amides is 2. The van der Waals surface area contributed by atoms with E-state index in [4.69, 9.17) is 18.6 Å². The molecule has 1 aliphatic rings. The molecule has 3 aromatic rings. The summed E-state index contributed by atoms with van der Waals surface area (Å²) in [5.74, 6) is -5.24. The van der Waals surface area contributed by atoms with Crippen molar-refractivity contribution >= 4 is 28.8 Å². The molecule has 2 amide bonds. The van der Waals surface area contributed by atoms with E-state index in [0.29, 0.717) is 5.56 Å². The topological polar surface area (TPSA) is 234 Å². The Balaban J connectivity index is 1.57. The molecule has 51 heavy (non-hydrogen) atoms. The van der Waals surface area contributed by atoms with Gasteiger partial charge in [0.1, 0.15) is 52.7 Å². The lowest BCUT2D eigenvalue weighted by molar-refractivity contribution is -0.267. The Morgan fingerprint density at radius 1 is 0.902 bits per heavy atom. The molecular weight excluding hydrogens is 668 g/mol. The van der Waals surface area contributed by atoms with Crippen LogP contribution >= 0.6 is 0 Å². The number of aliphatic hydroxyl groups is 3. The van der Waals surface area contributed by atoms with Gasteiger partial charge in [-0.15, -0.1) is 0 Å². The highest BCUT2D eigenvalue weighted by Gasteiger charge is 2.49. The third-order valence-electron chi connectivity index (χ3n) is 8.02. The van der Waals surface area contributed by atoms with Gasteiger partial charge >= 0.3 is 5.97 Å². The van der Waals surface area contributed by atoms with Crippen molar-refractivity contribution in [2.75, 3.05) is 0 Å². The zero-order valence-electron chi connectivity index (χ0n) is 29.4. The predicted octanol–water partition coefficient (Wildman–Crippen LogP) is 2.07. The molecule has 15 heteroatoms. The van der Waals surface area contributed by atoms with Gasteiger partial charge in [0.2, 0.25) is 17.9 Å². The van der Waals surface area contributed by atoms with Gasteiger partial charge in [0.05, 0.1) is 0 Å². The predicted molar refractivity (Wildman–Crippen MR) is 183 cm³/mol. The first-order valence-electron chi connectivity index (χ1n) is 16.6. The summed E-state index contributed by atoms with van der Waals surface area (Å²) < 4.78 is 22.5. The SMILES string of the molecule is CC(C)C[C@@H](NC(=O)[C@@H](NC(=O)[C@@H]1O[C@@H](Oc2cc3oc(-c4ccccc4)cc(=O)c3c(O)c2O)[C@@H](O)[C@@H](O)[C@@H]1O)C(C)C)C(=O)OC(C)(C)C. The van der Waals surface area contributed by atoms with Crippen LogP contribution in [0, 0.1) is 11.8 Å². The molecule has 7 N–H and O–H groups in total. The Labute approximate surface area is 294 Å². The van der Waals surface area contributed by atoms with E-state index >= 15 is 0 Å². The van der Waals surface area contributed by atoms with E-state index in [-0.39, 0.29) is 29.1 Å². The average molecular weight is 715 g/mol. The van der Waals surface area contributed by atoms with Crippen molar-refractivity contribution in [2.45, 2.75) is 103 Å². The van der Waals surface area contributed by atoms with E-state index in [0.717, 1.165) is 12.1 Å². The molecule has 2 aromatic carbocycles. The van der Waals surface area contributed by atoms with E-state index < -0.39 is 94.8 Å². The Bertz CT molecular complexity index is 1780. The number of rotatable bonds is 11. The van der Waals surface area contributed by atoms with Gasteiger partial charge in [-0.2, -0.15) is 0 Å². The minimum Gasteiger partial charge on any atom is -0.504 e. The second-order valence-electron chi connectivity index (χ2n) is 14.3. The van der Waals surface area contributed by atoms with Crippen LogP contribution in [0.2, 0.25) is 0 Å². The molecule has 1 saturated heterocycles. The number of carbonyl (C=O) groups is 3. The minimum absolute atomic E-state index is 0.00330. The molecule has 0 spiro atoms. The minimum atomic E-state index is -2.02. The molecule has 15 nitrogen and oxygen atoms in total. The molecule has 0 aliphatic carbocycles. The quantitative estimate of drug-likeness (QED) is 0.111. The fraction of sp³-hybridized carbons (Fsp3) is 0.500. The summed E-state index contributed by atoms with van der Waals surface area (Å²) in [4.78, 5) is 52.8. The molecule has 0 radical (unpaired) electrons. The fourth-order valence-corrected chi connectivity index (χ4v) is 5.48. The Morgan fingerprint density at radius 2 is 1.55 bits per heavy atom. The van der Waals surface area contributed by atoms with Crippen LogP contribution in [0.3, 0.4) is 0 Å². The monoisotopic (exact) mass is 714 g/mol. The van der Waals surface area contributed by atoms with Crippen molar-refractivity contribution in [1.82, 2.24) is 10.6 Å². The Morgan fingerprint density at radius 3 is 2.14 bits per heavy atom. The highest BCUT2D eigenvalue weighted by atomic mass is 16.7. The van der Waals surface area contributed by atoms with Crippen LogP contribution in [-0.4, -0.2) is 91.7 Å². The molecule has 2 heterocycles. The summed E-state index contributed by atoms with van der Waals surface area (Å²) in [6.07, 6.45) is -9.61. The maximum absolute atomic E-state index is 13.5. The second-order valence-corrected chi connectivity index (χ2v) is 14.3. The highest BCUT2D eigenvalue weighted by Crippen LogP contribution is 2.42. The molecule has 1 fully saturated rings. The first kappa shape index (κ1) is 39.1. The van der Waals surface area contributed by atoms with Gasteiger partial charge in [0.15, 0.2) is 23.0 Å². The number of aliphatic hydroxyl groups excluding tert-OH is 3. The van der Waals surface area contributed by atoms with Gasteiger partial charge in [0, 0.05) is 17.7 Å². The smallest absolute Gasteiger partial charge is 0.329 e. The van der Waals surface area contributed by atoms with E-state index in [9.17, 15) is 44.7 Å². The number of ether oxygens (including phenoxy) is 3. The summed E-state index contributed by atoms with van der Waals surface area (Å²) in [6.45, 7) is 12.1. The largest absolute Gasteiger partial charge is 0.504 e. The van der Waals surface area contributed by atoms with E-state index in [1.165, 1.54) is 0 Å². The molecular formula is C36H46N2O13. The number of hydrogen-bond donors (Lipinski definition) is 7. The summed E-state index contributed by atoms with van der Waals surface area (Å²) in [6, 6.07) is 8.49. The number of esters is 1. The van der Waals surface area contributed by atoms with Crippen LogP contribution in [0.25, 0.3) is 22.3 Å². The summed E-state index contributed by atoms with van der Waals surface area (Å²) in [7, 11) is 0. The Kier molecular flexibility index (Phi) is 12.0. The normalized spacial score (nSPS) is 22.0. The lowest BCUT2D eigenvalue weighted by Crippen LogP contribution is -2.64. The number of benzene rings is 2. The molecule has 4 rings (SSSR count). The zero-order valence-corrected chi connectivity index (χ0v) is 29.4. The average Bonchev–Trinajstić information content (AvgIpc) is 3.04. The van der Waals surface area contributed by atoms with Crippen LogP contribution in [0.4, 0.5) is 0 Å². The highest BCUT2D eigenvalue weighted by molar-refractivity contribution is 5.92. The standard InChI is InChI=1S/C36H46N2O13/c1-16(2)13-19(34(47)51-36(5,6)7)37-32(45)25(17(3)4)38-33(46)31-29(43)28(42)30(44)35(50-31)49-23-15-22-24(27(41)26(23)40)20(39)14-21(48-22)18-11-9-8-10-12-18/h8-12,14-17,19,25,28-31,35,40-44H,13H2,1-7H3,(H,37,45)(H,38,46)/t19-,25+,28+,29+,30+,31-,35-/m1/s1. The maximum atomic E-state index is 13.5. The second kappa shape index (κ2) is 15.7. The lowest BCUT2D eigenvalue weighted by Gasteiger charge is -2.40. The van der Waals surface area contributed by atoms with Crippen molar-refractivity contribution in [3.63, 3.8) is 0 Å². The van der Waals surface area contributed by atoms with Gasteiger partial charge in [-0.1, -0.05) is 58.0 Å². The summed E-state index contributed by atoms with van der Waals surface area (Å²) in [5.41, 5.74) is -1.16. The number of carbonyl (C=O) groups excluding carboxylic acids is 3. The Hall–Kier alpha value is -4.70. The van der Waals surface area contributed by atoms with E-state index in [1.54, 1.807) is 65.0 Å². The first-order valence-corrected chi connectivity index (χ1v) is 16.6. The molecule has 1 aliphatic heterocycles.